The van der Waals surface area contributed by atoms with Gasteiger partial charge < -0.3 is 14.2 Å². The third kappa shape index (κ3) is 7.23. The molecule has 43 heavy (non-hydrogen) atoms. The van der Waals surface area contributed by atoms with Crippen molar-refractivity contribution in [1.82, 2.24) is 5.32 Å². The minimum absolute atomic E-state index is 0.185. The third-order valence-corrected chi connectivity index (χ3v) is 7.35. The van der Waals surface area contributed by atoms with Crippen molar-refractivity contribution in [2.75, 3.05) is 11.5 Å². The Morgan fingerprint density at radius 2 is 1.53 bits per heavy atom. The van der Waals surface area contributed by atoms with Crippen molar-refractivity contribution >= 4 is 52.2 Å². The molecule has 1 N–H and O–H groups in total. The molecule has 4 amide bonds. The molecule has 5 rings (SSSR count). The highest BCUT2D eigenvalue weighted by atomic mass is 127. The normalized spacial score (nSPS) is 14.1. The Morgan fingerprint density at radius 3 is 2.26 bits per heavy atom. The maximum Gasteiger partial charge on any atom is 0.335 e. The molecule has 0 aliphatic carbocycles. The summed E-state index contributed by atoms with van der Waals surface area (Å²) in [4.78, 5) is 39.9. The smallest absolute Gasteiger partial charge is 0.335 e. The maximum absolute atomic E-state index is 13.5. The number of ether oxygens (including phenoxy) is 3. The van der Waals surface area contributed by atoms with Gasteiger partial charge in [0.05, 0.1) is 15.9 Å². The van der Waals surface area contributed by atoms with E-state index in [-0.39, 0.29) is 5.57 Å². The average molecular weight is 689 g/mol. The molecule has 4 aromatic carbocycles. The molecule has 1 aliphatic rings. The van der Waals surface area contributed by atoms with Gasteiger partial charge in [-0.15, -0.1) is 0 Å². The predicted molar refractivity (Wildman–Crippen MR) is 172 cm³/mol. The molecule has 1 heterocycles. The molecular formula is C34H29IN2O6. The number of hydrogen-bond donors (Lipinski definition) is 1. The van der Waals surface area contributed by atoms with Gasteiger partial charge in [0.25, 0.3) is 11.8 Å². The topological polar surface area (TPSA) is 94.2 Å². The summed E-state index contributed by atoms with van der Waals surface area (Å²) in [5.41, 5.74) is 3.84. The van der Waals surface area contributed by atoms with Crippen LogP contribution >= 0.6 is 22.6 Å². The Bertz CT molecular complexity index is 1690. The summed E-state index contributed by atoms with van der Waals surface area (Å²) in [7, 11) is 0. The Hall–Kier alpha value is -4.64. The van der Waals surface area contributed by atoms with E-state index in [9.17, 15) is 14.4 Å². The number of aryl methyl sites for hydroxylation is 1. The number of benzene rings is 4. The summed E-state index contributed by atoms with van der Waals surface area (Å²) in [6.45, 7) is 5.01. The van der Waals surface area contributed by atoms with E-state index >= 15 is 0 Å². The number of amides is 4. The van der Waals surface area contributed by atoms with E-state index in [1.165, 1.54) is 6.08 Å². The van der Waals surface area contributed by atoms with Crippen molar-refractivity contribution in [3.63, 3.8) is 0 Å². The first-order valence-corrected chi connectivity index (χ1v) is 14.7. The molecule has 1 aliphatic heterocycles. The zero-order valence-corrected chi connectivity index (χ0v) is 25.8. The fourth-order valence-corrected chi connectivity index (χ4v) is 5.30. The second-order valence-corrected chi connectivity index (χ2v) is 10.9. The van der Waals surface area contributed by atoms with Crippen LogP contribution in [0.15, 0.2) is 96.6 Å². The molecule has 0 bridgehead atoms. The van der Waals surface area contributed by atoms with E-state index in [1.54, 1.807) is 36.4 Å². The highest BCUT2D eigenvalue weighted by Crippen LogP contribution is 2.36. The van der Waals surface area contributed by atoms with E-state index in [1.807, 2.05) is 62.4 Å². The Morgan fingerprint density at radius 1 is 0.814 bits per heavy atom. The van der Waals surface area contributed by atoms with Crippen LogP contribution in [0, 0.1) is 10.5 Å². The van der Waals surface area contributed by atoms with E-state index in [0.717, 1.165) is 25.2 Å². The van der Waals surface area contributed by atoms with E-state index in [2.05, 4.69) is 34.0 Å². The molecule has 0 unspecified atom stereocenters. The van der Waals surface area contributed by atoms with Crippen LogP contribution in [-0.2, 0) is 22.8 Å². The molecule has 0 aromatic heterocycles. The van der Waals surface area contributed by atoms with Crippen LogP contribution in [0.2, 0.25) is 0 Å². The molecular weight excluding hydrogens is 659 g/mol. The minimum atomic E-state index is -0.824. The van der Waals surface area contributed by atoms with E-state index in [4.69, 9.17) is 14.2 Å². The molecule has 0 atom stereocenters. The summed E-state index contributed by atoms with van der Waals surface area (Å²) in [6, 6.07) is 27.0. The number of nitrogens with zero attached hydrogens (tertiary/aromatic N) is 1. The summed E-state index contributed by atoms with van der Waals surface area (Å²) in [6.07, 6.45) is 1.45. The largest absolute Gasteiger partial charge is 0.490 e. The first kappa shape index (κ1) is 29.8. The van der Waals surface area contributed by atoms with Crippen molar-refractivity contribution in [1.29, 1.82) is 0 Å². The van der Waals surface area contributed by atoms with Gasteiger partial charge in [0.1, 0.15) is 24.5 Å². The molecule has 0 spiro atoms. The fourth-order valence-electron chi connectivity index (χ4n) is 4.52. The first-order valence-electron chi connectivity index (χ1n) is 13.7. The van der Waals surface area contributed by atoms with Crippen LogP contribution in [0.25, 0.3) is 6.08 Å². The quantitative estimate of drug-likeness (QED) is 0.112. The van der Waals surface area contributed by atoms with Gasteiger partial charge in [0.2, 0.25) is 0 Å². The molecule has 0 saturated carbocycles. The molecule has 1 saturated heterocycles. The van der Waals surface area contributed by atoms with Crippen LogP contribution in [0.4, 0.5) is 10.5 Å². The zero-order valence-electron chi connectivity index (χ0n) is 23.6. The Kier molecular flexibility index (Phi) is 9.41. The van der Waals surface area contributed by atoms with Crippen LogP contribution in [0.3, 0.4) is 0 Å². The average Bonchev–Trinajstić information content (AvgIpc) is 2.99. The van der Waals surface area contributed by atoms with Crippen LogP contribution < -0.4 is 24.4 Å². The first-order chi connectivity index (χ1) is 20.8. The number of carbonyl (C=O) groups excluding carboxylic acids is 3. The van der Waals surface area contributed by atoms with Crippen molar-refractivity contribution in [2.24, 2.45) is 0 Å². The molecule has 0 radical (unpaired) electrons. The summed E-state index contributed by atoms with van der Waals surface area (Å²) < 4.78 is 18.5. The van der Waals surface area contributed by atoms with E-state index in [0.29, 0.717) is 48.3 Å². The van der Waals surface area contributed by atoms with Crippen molar-refractivity contribution in [2.45, 2.75) is 27.1 Å². The van der Waals surface area contributed by atoms with Crippen molar-refractivity contribution in [3.05, 3.63) is 122 Å². The van der Waals surface area contributed by atoms with Crippen LogP contribution in [0.1, 0.15) is 29.2 Å². The molecule has 8 nitrogen and oxygen atoms in total. The SMILES string of the molecule is CCOc1cc(/C=C2\C(=O)NC(=O)N(c3ccc(OCc4ccccc4)cc3)C2=O)cc(I)c1OCc1cccc(C)c1. The van der Waals surface area contributed by atoms with Gasteiger partial charge in [-0.05, 0) is 95.6 Å². The Balaban J connectivity index is 1.36. The standard InChI is InChI=1S/C34H29IN2O6/c1-3-41-30-19-25(18-29(35)31(30)43-21-24-11-7-8-22(2)16-24)17-28-32(38)36-34(40)37(33(28)39)26-12-14-27(15-13-26)42-20-23-9-5-4-6-10-23/h4-19H,3,20-21H2,1-2H3,(H,36,38,40)/b28-17+. The third-order valence-electron chi connectivity index (χ3n) is 6.55. The van der Waals surface area contributed by atoms with Crippen molar-refractivity contribution in [3.8, 4) is 17.2 Å². The van der Waals surface area contributed by atoms with Gasteiger partial charge in [-0.2, -0.15) is 0 Å². The van der Waals surface area contributed by atoms with Crippen molar-refractivity contribution < 1.29 is 28.6 Å². The molecule has 9 heteroatoms. The summed E-state index contributed by atoms with van der Waals surface area (Å²) in [5.74, 6) is 0.113. The number of anilines is 1. The number of rotatable bonds is 10. The fraction of sp³-hybridized carbons (Fsp3) is 0.147. The summed E-state index contributed by atoms with van der Waals surface area (Å²) >= 11 is 2.14. The number of hydrogen-bond acceptors (Lipinski definition) is 6. The van der Waals surface area contributed by atoms with Gasteiger partial charge in [-0.3, -0.25) is 14.9 Å². The van der Waals surface area contributed by atoms with E-state index < -0.39 is 17.8 Å². The highest BCUT2D eigenvalue weighted by molar-refractivity contribution is 14.1. The van der Waals surface area contributed by atoms with Crippen LogP contribution in [0.5, 0.6) is 17.2 Å². The lowest BCUT2D eigenvalue weighted by atomic mass is 10.1. The minimum Gasteiger partial charge on any atom is -0.490 e. The second-order valence-electron chi connectivity index (χ2n) is 9.77. The maximum atomic E-state index is 13.5. The number of urea groups is 1. The van der Waals surface area contributed by atoms with Gasteiger partial charge in [0, 0.05) is 0 Å². The van der Waals surface area contributed by atoms with Gasteiger partial charge in [-0.1, -0.05) is 60.2 Å². The highest BCUT2D eigenvalue weighted by Gasteiger charge is 2.37. The van der Waals surface area contributed by atoms with Gasteiger partial charge in [0.15, 0.2) is 11.5 Å². The number of nitrogens with one attached hydrogen (secondary N) is 1. The molecule has 1 fully saturated rings. The lowest BCUT2D eigenvalue weighted by Gasteiger charge is -2.26. The van der Waals surface area contributed by atoms with Gasteiger partial charge >= 0.3 is 6.03 Å². The Labute approximate surface area is 263 Å². The van der Waals surface area contributed by atoms with Crippen LogP contribution in [-0.4, -0.2) is 24.5 Å². The predicted octanol–water partition coefficient (Wildman–Crippen LogP) is 6.82. The molecule has 4 aromatic rings. The molecule has 218 valence electrons. The zero-order chi connectivity index (χ0) is 30.3. The number of carbonyl (C=O) groups is 3. The summed E-state index contributed by atoms with van der Waals surface area (Å²) in [5, 5.41) is 2.27. The lowest BCUT2D eigenvalue weighted by molar-refractivity contribution is -0.122. The number of imide groups is 2. The number of halogens is 1. The lowest BCUT2D eigenvalue weighted by Crippen LogP contribution is -2.54. The second kappa shape index (κ2) is 13.6. The monoisotopic (exact) mass is 688 g/mol. The van der Waals surface area contributed by atoms with Gasteiger partial charge in [-0.25, -0.2) is 9.69 Å². The number of barbiturate groups is 1.